The van der Waals surface area contributed by atoms with Crippen molar-refractivity contribution in [3.63, 3.8) is 0 Å². The lowest BCUT2D eigenvalue weighted by atomic mass is 10.1. The molecule has 0 bridgehead atoms. The molecule has 0 saturated heterocycles. The van der Waals surface area contributed by atoms with Crippen LogP contribution < -0.4 is 0 Å². The molecule has 21 heavy (non-hydrogen) atoms. The first kappa shape index (κ1) is 18.5. The molecule has 0 aromatic carbocycles. The third kappa shape index (κ3) is 5.27. The maximum atomic E-state index is 12.5. The zero-order valence-corrected chi connectivity index (χ0v) is 15.6. The van der Waals surface area contributed by atoms with E-state index in [9.17, 15) is 9.90 Å². The lowest BCUT2D eigenvalue weighted by Crippen LogP contribution is -2.46. The van der Waals surface area contributed by atoms with Crippen molar-refractivity contribution < 1.29 is 14.6 Å². The van der Waals surface area contributed by atoms with Crippen molar-refractivity contribution in [1.82, 2.24) is 4.90 Å². The van der Waals surface area contributed by atoms with E-state index in [-0.39, 0.29) is 24.8 Å². The highest BCUT2D eigenvalue weighted by molar-refractivity contribution is 9.11. The molecule has 1 N–H and O–H groups in total. The SMILES string of the molecule is CCC(CO)N(C(=O)OC(C)(C)C)C(C)c1ccc(Br)s1. The van der Waals surface area contributed by atoms with E-state index in [0.717, 1.165) is 8.66 Å². The number of rotatable bonds is 5. The summed E-state index contributed by atoms with van der Waals surface area (Å²) in [4.78, 5) is 15.2. The highest BCUT2D eigenvalue weighted by Gasteiger charge is 2.32. The Kier molecular flexibility index (Phi) is 6.69. The number of aliphatic hydroxyl groups excluding tert-OH is 1. The molecule has 0 spiro atoms. The minimum absolute atomic E-state index is 0.0768. The molecule has 0 aliphatic heterocycles. The van der Waals surface area contributed by atoms with Gasteiger partial charge in [0, 0.05) is 4.88 Å². The second-order valence-corrected chi connectivity index (χ2v) is 8.44. The zero-order valence-electron chi connectivity index (χ0n) is 13.2. The van der Waals surface area contributed by atoms with Gasteiger partial charge in [-0.3, -0.25) is 4.90 Å². The topological polar surface area (TPSA) is 49.8 Å². The van der Waals surface area contributed by atoms with Crippen molar-refractivity contribution in [3.05, 3.63) is 20.8 Å². The van der Waals surface area contributed by atoms with Crippen LogP contribution in [0.2, 0.25) is 0 Å². The van der Waals surface area contributed by atoms with Crippen molar-refractivity contribution in [3.8, 4) is 0 Å². The standard InChI is InChI=1S/C15H24BrNO3S/c1-6-11(9-18)17(14(19)20-15(3,4)5)10(2)12-7-8-13(16)21-12/h7-8,10-11,18H,6,9H2,1-5H3. The largest absolute Gasteiger partial charge is 0.444 e. The fourth-order valence-corrected chi connectivity index (χ4v) is 3.52. The predicted octanol–water partition coefficient (Wildman–Crippen LogP) is 4.58. The highest BCUT2D eigenvalue weighted by Crippen LogP contribution is 2.33. The van der Waals surface area contributed by atoms with E-state index in [4.69, 9.17) is 4.74 Å². The quantitative estimate of drug-likeness (QED) is 0.816. The summed E-state index contributed by atoms with van der Waals surface area (Å²) in [5.74, 6) is 0. The zero-order chi connectivity index (χ0) is 16.2. The summed E-state index contributed by atoms with van der Waals surface area (Å²) < 4.78 is 6.52. The third-order valence-corrected chi connectivity index (χ3v) is 4.90. The van der Waals surface area contributed by atoms with E-state index in [1.807, 2.05) is 46.8 Å². The Balaban J connectivity index is 3.04. The number of aliphatic hydroxyl groups is 1. The average Bonchev–Trinajstić information content (AvgIpc) is 2.79. The predicted molar refractivity (Wildman–Crippen MR) is 89.7 cm³/mol. The normalized spacial score (nSPS) is 14.6. The lowest BCUT2D eigenvalue weighted by Gasteiger charge is -2.36. The van der Waals surface area contributed by atoms with Crippen molar-refractivity contribution in [2.45, 2.75) is 58.7 Å². The van der Waals surface area contributed by atoms with Gasteiger partial charge < -0.3 is 9.84 Å². The number of carbonyl (C=O) groups excluding carboxylic acids is 1. The van der Waals surface area contributed by atoms with Crippen LogP contribution in [0.5, 0.6) is 0 Å². The number of ether oxygens (including phenoxy) is 1. The summed E-state index contributed by atoms with van der Waals surface area (Å²) in [5.41, 5.74) is -0.557. The van der Waals surface area contributed by atoms with Crippen molar-refractivity contribution in [2.24, 2.45) is 0 Å². The second kappa shape index (κ2) is 7.61. The summed E-state index contributed by atoms with van der Waals surface area (Å²) in [5, 5.41) is 9.59. The molecular formula is C15H24BrNO3S. The van der Waals surface area contributed by atoms with Crippen LogP contribution in [0, 0.1) is 0 Å². The molecule has 1 amide bonds. The van der Waals surface area contributed by atoms with Crippen LogP contribution in [-0.2, 0) is 4.74 Å². The fourth-order valence-electron chi connectivity index (χ4n) is 2.04. The van der Waals surface area contributed by atoms with Gasteiger partial charge in [0.2, 0.25) is 0 Å². The Hall–Kier alpha value is -0.590. The first-order chi connectivity index (χ1) is 9.69. The Labute approximate surface area is 139 Å². The number of halogens is 1. The molecule has 0 aliphatic carbocycles. The first-order valence-corrected chi connectivity index (χ1v) is 8.68. The Morgan fingerprint density at radius 3 is 2.48 bits per heavy atom. The first-order valence-electron chi connectivity index (χ1n) is 7.07. The molecule has 1 heterocycles. The molecule has 6 heteroatoms. The molecule has 2 unspecified atom stereocenters. The monoisotopic (exact) mass is 377 g/mol. The fraction of sp³-hybridized carbons (Fsp3) is 0.667. The lowest BCUT2D eigenvalue weighted by molar-refractivity contribution is -0.00167. The minimum Gasteiger partial charge on any atom is -0.444 e. The van der Waals surface area contributed by atoms with E-state index in [1.54, 1.807) is 16.2 Å². The van der Waals surface area contributed by atoms with Gasteiger partial charge in [0.15, 0.2) is 0 Å². The number of thiophene rings is 1. The van der Waals surface area contributed by atoms with Gasteiger partial charge in [-0.2, -0.15) is 0 Å². The van der Waals surface area contributed by atoms with Gasteiger partial charge in [-0.1, -0.05) is 6.92 Å². The van der Waals surface area contributed by atoms with Gasteiger partial charge in [0.25, 0.3) is 0 Å². The van der Waals surface area contributed by atoms with E-state index < -0.39 is 5.60 Å². The second-order valence-electron chi connectivity index (χ2n) is 5.95. The van der Waals surface area contributed by atoms with Gasteiger partial charge in [0.05, 0.1) is 22.5 Å². The molecule has 0 aliphatic rings. The van der Waals surface area contributed by atoms with E-state index in [2.05, 4.69) is 15.9 Å². The average molecular weight is 378 g/mol. The number of hydrogen-bond acceptors (Lipinski definition) is 4. The molecule has 120 valence electrons. The number of carbonyl (C=O) groups is 1. The Bertz CT molecular complexity index is 466. The maximum Gasteiger partial charge on any atom is 0.411 e. The van der Waals surface area contributed by atoms with Crippen LogP contribution >= 0.6 is 27.3 Å². The van der Waals surface area contributed by atoms with Gasteiger partial charge in [-0.05, 0) is 62.2 Å². The molecular weight excluding hydrogens is 354 g/mol. The molecule has 1 aromatic heterocycles. The minimum atomic E-state index is -0.557. The van der Waals surface area contributed by atoms with Crippen molar-refractivity contribution in [2.75, 3.05) is 6.61 Å². The molecule has 0 fully saturated rings. The number of amides is 1. The highest BCUT2D eigenvalue weighted by atomic mass is 79.9. The number of hydrogen-bond donors (Lipinski definition) is 1. The van der Waals surface area contributed by atoms with Crippen molar-refractivity contribution >= 4 is 33.4 Å². The molecule has 0 radical (unpaired) electrons. The van der Waals surface area contributed by atoms with Gasteiger partial charge in [-0.25, -0.2) is 4.79 Å². The third-order valence-electron chi connectivity index (χ3n) is 3.10. The van der Waals surface area contributed by atoms with Crippen LogP contribution in [-0.4, -0.2) is 34.3 Å². The molecule has 1 aromatic rings. The maximum absolute atomic E-state index is 12.5. The Morgan fingerprint density at radius 2 is 2.10 bits per heavy atom. The van der Waals surface area contributed by atoms with Crippen LogP contribution in [0.1, 0.15) is 52.0 Å². The Morgan fingerprint density at radius 1 is 1.48 bits per heavy atom. The van der Waals surface area contributed by atoms with Crippen LogP contribution in [0.15, 0.2) is 15.9 Å². The number of nitrogens with zero attached hydrogens (tertiary/aromatic N) is 1. The van der Waals surface area contributed by atoms with Crippen molar-refractivity contribution in [1.29, 1.82) is 0 Å². The van der Waals surface area contributed by atoms with Gasteiger partial charge in [0.1, 0.15) is 5.60 Å². The molecule has 4 nitrogen and oxygen atoms in total. The van der Waals surface area contributed by atoms with Crippen LogP contribution in [0.3, 0.4) is 0 Å². The summed E-state index contributed by atoms with van der Waals surface area (Å²) in [6, 6.07) is 3.55. The molecule has 0 saturated carbocycles. The summed E-state index contributed by atoms with van der Waals surface area (Å²) in [6.45, 7) is 9.36. The molecule has 1 rings (SSSR count). The smallest absolute Gasteiger partial charge is 0.411 e. The summed E-state index contributed by atoms with van der Waals surface area (Å²) in [7, 11) is 0. The van der Waals surface area contributed by atoms with Crippen LogP contribution in [0.4, 0.5) is 4.79 Å². The van der Waals surface area contributed by atoms with E-state index >= 15 is 0 Å². The summed E-state index contributed by atoms with van der Waals surface area (Å²) in [6.07, 6.45) is 0.285. The van der Waals surface area contributed by atoms with Gasteiger partial charge >= 0.3 is 6.09 Å². The van der Waals surface area contributed by atoms with E-state index in [0.29, 0.717) is 6.42 Å². The molecule has 2 atom stereocenters. The van der Waals surface area contributed by atoms with E-state index in [1.165, 1.54) is 0 Å². The summed E-state index contributed by atoms with van der Waals surface area (Å²) >= 11 is 5.02. The van der Waals surface area contributed by atoms with Crippen LogP contribution in [0.25, 0.3) is 0 Å². The van der Waals surface area contributed by atoms with Gasteiger partial charge in [-0.15, -0.1) is 11.3 Å².